The van der Waals surface area contributed by atoms with Gasteiger partial charge >= 0.3 is 0 Å². The average molecular weight is 528 g/mol. The number of hydrogen-bond acceptors (Lipinski definition) is 9. The summed E-state index contributed by atoms with van der Waals surface area (Å²) >= 11 is 0. The van der Waals surface area contributed by atoms with Crippen LogP contribution >= 0.6 is 0 Å². The van der Waals surface area contributed by atoms with Gasteiger partial charge in [0.25, 0.3) is 11.6 Å². The molecular formula is C26H25N9O4. The fourth-order valence-corrected chi connectivity index (χ4v) is 5.39. The molecule has 13 nitrogen and oxygen atoms in total. The Bertz CT molecular complexity index is 1770. The highest BCUT2D eigenvalue weighted by Gasteiger charge is 2.29. The van der Waals surface area contributed by atoms with Crippen molar-refractivity contribution in [3.8, 4) is 22.7 Å². The molecule has 0 atom stereocenters. The van der Waals surface area contributed by atoms with Gasteiger partial charge in [-0.1, -0.05) is 12.1 Å². The van der Waals surface area contributed by atoms with Crippen LogP contribution in [0, 0.1) is 10.1 Å². The SMILES string of the molecule is COc1ccccc1-n1c(C(N)=O)cc2c(-c3nn(C4CCNCC4)c4ncnc(N)c34)ccc([N+](=O)[O-])c21. The third kappa shape index (κ3) is 3.82. The van der Waals surface area contributed by atoms with Crippen LogP contribution in [0.1, 0.15) is 29.4 Å². The number of amides is 1. The van der Waals surface area contributed by atoms with Gasteiger partial charge in [0.1, 0.15) is 34.8 Å². The number of non-ortho nitro benzene ring substituents is 1. The number of rotatable bonds is 6. The number of anilines is 1. The Labute approximate surface area is 221 Å². The predicted octanol–water partition coefficient (Wildman–Crippen LogP) is 2.96. The van der Waals surface area contributed by atoms with Crippen LogP contribution in [-0.4, -0.2) is 55.3 Å². The summed E-state index contributed by atoms with van der Waals surface area (Å²) in [5.74, 6) is -0.109. The first kappa shape index (κ1) is 24.3. The minimum Gasteiger partial charge on any atom is -0.495 e. The number of primary amides is 1. The van der Waals surface area contributed by atoms with Gasteiger partial charge in [-0.05, 0) is 50.2 Å². The lowest BCUT2D eigenvalue weighted by Crippen LogP contribution is -2.30. The number of fused-ring (bicyclic) bond motifs is 2. The van der Waals surface area contributed by atoms with Gasteiger partial charge < -0.3 is 21.5 Å². The molecule has 39 heavy (non-hydrogen) atoms. The van der Waals surface area contributed by atoms with Crippen LogP contribution in [0.4, 0.5) is 11.5 Å². The maximum Gasteiger partial charge on any atom is 0.293 e. The summed E-state index contributed by atoms with van der Waals surface area (Å²) in [6, 6.07) is 11.5. The minimum absolute atomic E-state index is 0.0522. The van der Waals surface area contributed by atoms with E-state index in [0.717, 1.165) is 25.9 Å². The van der Waals surface area contributed by atoms with Gasteiger partial charge in [0.2, 0.25) is 0 Å². The van der Waals surface area contributed by atoms with E-state index in [2.05, 4.69) is 15.3 Å². The van der Waals surface area contributed by atoms with Gasteiger partial charge in [0.15, 0.2) is 5.65 Å². The van der Waals surface area contributed by atoms with Crippen LogP contribution in [0.2, 0.25) is 0 Å². The van der Waals surface area contributed by atoms with Crippen LogP contribution < -0.4 is 21.5 Å². The first-order valence-electron chi connectivity index (χ1n) is 12.4. The molecule has 6 rings (SSSR count). The van der Waals surface area contributed by atoms with Crippen molar-refractivity contribution in [3.05, 3.63) is 64.6 Å². The number of methoxy groups -OCH3 is 1. The molecule has 0 aliphatic carbocycles. The number of carbonyl (C=O) groups is 1. The molecule has 4 heterocycles. The molecule has 0 spiro atoms. The largest absolute Gasteiger partial charge is 0.495 e. The van der Waals surface area contributed by atoms with E-state index < -0.39 is 10.8 Å². The van der Waals surface area contributed by atoms with Gasteiger partial charge in [-0.15, -0.1) is 0 Å². The summed E-state index contributed by atoms with van der Waals surface area (Å²) in [5, 5.41) is 21.5. The topological polar surface area (TPSA) is 182 Å². The summed E-state index contributed by atoms with van der Waals surface area (Å²) in [7, 11) is 1.48. The maximum absolute atomic E-state index is 12.7. The number of hydrogen-bond donors (Lipinski definition) is 3. The predicted molar refractivity (Wildman–Crippen MR) is 145 cm³/mol. The third-order valence-corrected chi connectivity index (χ3v) is 7.14. The minimum atomic E-state index is -0.759. The smallest absolute Gasteiger partial charge is 0.293 e. The molecule has 3 aromatic heterocycles. The third-order valence-electron chi connectivity index (χ3n) is 7.14. The summed E-state index contributed by atoms with van der Waals surface area (Å²) in [4.78, 5) is 33.1. The molecule has 0 unspecified atom stereocenters. The Morgan fingerprint density at radius 3 is 2.67 bits per heavy atom. The van der Waals surface area contributed by atoms with Gasteiger partial charge in [-0.25, -0.2) is 14.6 Å². The van der Waals surface area contributed by atoms with Crippen molar-refractivity contribution in [3.63, 3.8) is 0 Å². The molecule has 1 fully saturated rings. The Morgan fingerprint density at radius 1 is 1.18 bits per heavy atom. The number of nitro groups is 1. The molecule has 13 heteroatoms. The zero-order valence-electron chi connectivity index (χ0n) is 21.0. The number of benzene rings is 2. The highest BCUT2D eigenvalue weighted by Crippen LogP contribution is 2.42. The Balaban J connectivity index is 1.71. The number of ether oxygens (including phenoxy) is 1. The lowest BCUT2D eigenvalue weighted by atomic mass is 10.0. The van der Waals surface area contributed by atoms with Crippen LogP contribution in [0.15, 0.2) is 48.8 Å². The number of para-hydroxylation sites is 2. The van der Waals surface area contributed by atoms with E-state index in [9.17, 15) is 14.9 Å². The molecular weight excluding hydrogens is 502 g/mol. The normalized spacial score (nSPS) is 14.2. The highest BCUT2D eigenvalue weighted by atomic mass is 16.6. The number of aromatic nitrogens is 5. The molecule has 1 aliphatic rings. The van der Waals surface area contributed by atoms with E-state index in [1.807, 2.05) is 4.68 Å². The molecule has 0 saturated carbocycles. The number of nitro benzene ring substituents is 1. The van der Waals surface area contributed by atoms with E-state index in [1.54, 1.807) is 36.4 Å². The Morgan fingerprint density at radius 2 is 1.95 bits per heavy atom. The van der Waals surface area contributed by atoms with Crippen molar-refractivity contribution < 1.29 is 14.5 Å². The van der Waals surface area contributed by atoms with Gasteiger partial charge in [-0.3, -0.25) is 19.5 Å². The highest BCUT2D eigenvalue weighted by molar-refractivity contribution is 6.11. The van der Waals surface area contributed by atoms with Crippen molar-refractivity contribution in [1.82, 2.24) is 29.6 Å². The fraction of sp³-hybridized carbons (Fsp3) is 0.231. The summed E-state index contributed by atoms with van der Waals surface area (Å²) in [6.07, 6.45) is 3.10. The number of carbonyl (C=O) groups excluding carboxylic acids is 1. The van der Waals surface area contributed by atoms with Crippen molar-refractivity contribution in [1.29, 1.82) is 0 Å². The second kappa shape index (κ2) is 9.36. The molecule has 0 radical (unpaired) electrons. The molecule has 1 aliphatic heterocycles. The lowest BCUT2D eigenvalue weighted by Gasteiger charge is -2.23. The van der Waals surface area contributed by atoms with Crippen molar-refractivity contribution in [2.24, 2.45) is 5.73 Å². The zero-order chi connectivity index (χ0) is 27.3. The second-order valence-electron chi connectivity index (χ2n) is 9.28. The Kier molecular flexibility index (Phi) is 5.84. The summed E-state index contributed by atoms with van der Waals surface area (Å²) in [5.41, 5.74) is 14.2. The van der Waals surface area contributed by atoms with Crippen molar-refractivity contribution in [2.75, 3.05) is 25.9 Å². The van der Waals surface area contributed by atoms with Gasteiger partial charge in [-0.2, -0.15) is 5.10 Å². The van der Waals surface area contributed by atoms with E-state index in [-0.39, 0.29) is 28.8 Å². The van der Waals surface area contributed by atoms with E-state index in [4.69, 9.17) is 21.3 Å². The van der Waals surface area contributed by atoms with E-state index in [0.29, 0.717) is 39.1 Å². The molecule has 198 valence electrons. The monoisotopic (exact) mass is 527 g/mol. The first-order valence-corrected chi connectivity index (χ1v) is 12.4. The molecule has 2 aromatic carbocycles. The number of piperidine rings is 1. The molecule has 0 bridgehead atoms. The molecule has 1 amide bonds. The molecule has 5 N–H and O–H groups in total. The van der Waals surface area contributed by atoms with Gasteiger partial charge in [0, 0.05) is 17.0 Å². The summed E-state index contributed by atoms with van der Waals surface area (Å²) < 4.78 is 8.84. The fourth-order valence-electron chi connectivity index (χ4n) is 5.39. The van der Waals surface area contributed by atoms with Crippen molar-refractivity contribution in [2.45, 2.75) is 18.9 Å². The van der Waals surface area contributed by atoms with Gasteiger partial charge in [0.05, 0.1) is 29.1 Å². The number of nitrogen functional groups attached to an aromatic ring is 1. The van der Waals surface area contributed by atoms with E-state index in [1.165, 1.54) is 24.1 Å². The Hall–Kier alpha value is -5.04. The van der Waals surface area contributed by atoms with Crippen LogP contribution in [0.5, 0.6) is 5.75 Å². The second-order valence-corrected chi connectivity index (χ2v) is 9.28. The average Bonchev–Trinajstić information content (AvgIpc) is 3.54. The standard InChI is InChI=1S/C26H25N9O4/c1-39-20-5-3-2-4-17(20)33-19(25(28)36)12-16-15(6-7-18(23(16)33)35(37)38)22-21-24(27)30-13-31-26(21)34(32-22)14-8-10-29-11-9-14/h2-7,12-14,29H,8-11H2,1H3,(H2,28,36)(H2,27,30,31). The van der Waals surface area contributed by atoms with Crippen LogP contribution in [0.25, 0.3) is 38.9 Å². The van der Waals surface area contributed by atoms with Crippen LogP contribution in [-0.2, 0) is 0 Å². The summed E-state index contributed by atoms with van der Waals surface area (Å²) in [6.45, 7) is 1.68. The van der Waals surface area contributed by atoms with E-state index >= 15 is 0 Å². The van der Waals surface area contributed by atoms with Crippen LogP contribution in [0.3, 0.4) is 0 Å². The number of nitrogens with zero attached hydrogens (tertiary/aromatic N) is 6. The van der Waals surface area contributed by atoms with Crippen molar-refractivity contribution >= 4 is 39.3 Å². The maximum atomic E-state index is 12.7. The number of nitrogens with two attached hydrogens (primary N) is 2. The zero-order valence-corrected chi connectivity index (χ0v) is 21.0. The molecule has 5 aromatic rings. The number of nitrogens with one attached hydrogen (secondary N) is 1. The molecule has 1 saturated heterocycles. The lowest BCUT2D eigenvalue weighted by molar-refractivity contribution is -0.383. The first-order chi connectivity index (χ1) is 18.9. The quantitative estimate of drug-likeness (QED) is 0.221.